The molecule has 2 aromatic rings. The van der Waals surface area contributed by atoms with Crippen LogP contribution in [-0.2, 0) is 6.42 Å². The van der Waals surface area contributed by atoms with Crippen LogP contribution in [0.25, 0.3) is 0 Å². The first-order valence-corrected chi connectivity index (χ1v) is 8.65. The van der Waals surface area contributed by atoms with E-state index >= 15 is 0 Å². The van der Waals surface area contributed by atoms with Crippen LogP contribution in [0.5, 0.6) is 0 Å². The lowest BCUT2D eigenvalue weighted by Gasteiger charge is -2.28. The second-order valence-corrected chi connectivity index (χ2v) is 6.41. The molecule has 0 saturated heterocycles. The van der Waals surface area contributed by atoms with Crippen molar-refractivity contribution in [3.8, 4) is 0 Å². The van der Waals surface area contributed by atoms with Crippen LogP contribution >= 0.6 is 0 Å². The predicted molar refractivity (Wildman–Crippen MR) is 92.4 cm³/mol. The predicted octanol–water partition coefficient (Wildman–Crippen LogP) is 2.94. The minimum atomic E-state index is -1.18. The summed E-state index contributed by atoms with van der Waals surface area (Å²) in [7, 11) is 0. The first-order valence-electron chi connectivity index (χ1n) is 8.65. The van der Waals surface area contributed by atoms with Crippen molar-refractivity contribution in [2.45, 2.75) is 38.1 Å². The van der Waals surface area contributed by atoms with Gasteiger partial charge >= 0.3 is 5.97 Å². The molecule has 1 aromatic heterocycles. The Balaban J connectivity index is 1.75. The molecule has 0 aliphatic heterocycles. The summed E-state index contributed by atoms with van der Waals surface area (Å²) in [6.45, 7) is 0.498. The maximum Gasteiger partial charge on any atom is 0.356 e. The number of benzene rings is 1. The van der Waals surface area contributed by atoms with Crippen molar-refractivity contribution >= 4 is 11.9 Å². The van der Waals surface area contributed by atoms with E-state index in [1.54, 1.807) is 17.0 Å². The molecule has 1 aliphatic rings. The molecule has 1 aliphatic carbocycles. The quantitative estimate of drug-likeness (QED) is 0.859. The van der Waals surface area contributed by atoms with Gasteiger partial charge in [-0.15, -0.1) is 0 Å². The summed E-state index contributed by atoms with van der Waals surface area (Å²) >= 11 is 0. The molecule has 0 bridgehead atoms. The monoisotopic (exact) mass is 357 g/mol. The van der Waals surface area contributed by atoms with Gasteiger partial charge in [-0.2, -0.15) is 0 Å². The molecule has 1 amide bonds. The molecule has 0 unspecified atom stereocenters. The van der Waals surface area contributed by atoms with Gasteiger partial charge in [0.2, 0.25) is 0 Å². The molecule has 1 N–H and O–H groups in total. The number of carboxylic acid groups (broad SMARTS) is 1. The van der Waals surface area contributed by atoms with E-state index in [4.69, 9.17) is 5.11 Å². The third-order valence-electron chi connectivity index (χ3n) is 4.67. The highest BCUT2D eigenvalue weighted by molar-refractivity contribution is 5.93. The van der Waals surface area contributed by atoms with E-state index in [2.05, 4.69) is 9.97 Å². The number of hydrogen-bond donors (Lipinski definition) is 1. The molecule has 3 rings (SSSR count). The molecule has 1 heterocycles. The number of carbonyl (C=O) groups is 2. The number of aromatic nitrogens is 2. The number of aromatic carboxylic acids is 1. The Labute approximate surface area is 150 Å². The zero-order valence-electron chi connectivity index (χ0n) is 14.3. The van der Waals surface area contributed by atoms with Gasteiger partial charge in [-0.3, -0.25) is 4.79 Å². The zero-order chi connectivity index (χ0) is 18.5. The van der Waals surface area contributed by atoms with Crippen LogP contribution in [0.15, 0.2) is 36.7 Å². The minimum Gasteiger partial charge on any atom is -0.476 e. The maximum atomic E-state index is 13.0. The molecule has 1 aromatic carbocycles. The second-order valence-electron chi connectivity index (χ2n) is 6.41. The van der Waals surface area contributed by atoms with E-state index < -0.39 is 5.97 Å². The van der Waals surface area contributed by atoms with Crippen molar-refractivity contribution < 1.29 is 19.1 Å². The van der Waals surface area contributed by atoms with Gasteiger partial charge in [0.05, 0.1) is 12.4 Å². The van der Waals surface area contributed by atoms with Crippen LogP contribution < -0.4 is 0 Å². The number of carbonyl (C=O) groups excluding carboxylic acids is 1. The Kier molecular flexibility index (Phi) is 5.55. The number of amides is 1. The van der Waals surface area contributed by atoms with Crippen LogP contribution in [0.1, 0.15) is 52.2 Å². The molecule has 1 saturated carbocycles. The molecular formula is C19H20FN3O3. The summed E-state index contributed by atoms with van der Waals surface area (Å²) < 4.78 is 13.0. The molecule has 26 heavy (non-hydrogen) atoms. The maximum absolute atomic E-state index is 13.0. The number of rotatable bonds is 6. The van der Waals surface area contributed by atoms with Gasteiger partial charge in [0.15, 0.2) is 5.69 Å². The standard InChI is InChI=1S/C19H20FN3O3/c20-14-7-5-13(6-8-14)9-10-23(15-3-1-2-4-15)18(24)16-11-22-17(12-21-16)19(25)26/h5-8,11-12,15H,1-4,9-10H2,(H,25,26). The molecule has 136 valence electrons. The van der Waals surface area contributed by atoms with Crippen LogP contribution in [0.4, 0.5) is 4.39 Å². The first kappa shape index (κ1) is 18.0. The first-order chi connectivity index (χ1) is 12.5. The molecule has 0 atom stereocenters. The molecule has 0 radical (unpaired) electrons. The SMILES string of the molecule is O=C(O)c1cnc(C(=O)N(CCc2ccc(F)cc2)C2CCCC2)cn1. The highest BCUT2D eigenvalue weighted by atomic mass is 19.1. The number of nitrogens with zero attached hydrogens (tertiary/aromatic N) is 3. The summed E-state index contributed by atoms with van der Waals surface area (Å²) in [6.07, 6.45) is 6.96. The molecule has 7 heteroatoms. The average Bonchev–Trinajstić information content (AvgIpc) is 3.18. The fourth-order valence-corrected chi connectivity index (χ4v) is 3.26. The van der Waals surface area contributed by atoms with E-state index in [9.17, 15) is 14.0 Å². The minimum absolute atomic E-state index is 0.140. The van der Waals surface area contributed by atoms with Gasteiger partial charge in [0.25, 0.3) is 5.91 Å². The van der Waals surface area contributed by atoms with Crippen molar-refractivity contribution in [2.24, 2.45) is 0 Å². The van der Waals surface area contributed by atoms with E-state index in [1.807, 2.05) is 0 Å². The molecule has 1 fully saturated rings. The number of carboxylic acids is 1. The van der Waals surface area contributed by atoms with E-state index in [-0.39, 0.29) is 29.2 Å². The smallest absolute Gasteiger partial charge is 0.356 e. The summed E-state index contributed by atoms with van der Waals surface area (Å²) in [4.78, 5) is 33.3. The van der Waals surface area contributed by atoms with Crippen molar-refractivity contribution in [1.82, 2.24) is 14.9 Å². The third kappa shape index (κ3) is 4.22. The lowest BCUT2D eigenvalue weighted by molar-refractivity contribution is 0.0665. The van der Waals surface area contributed by atoms with Crippen LogP contribution in [0.2, 0.25) is 0 Å². The van der Waals surface area contributed by atoms with Crippen molar-refractivity contribution in [1.29, 1.82) is 0 Å². The molecule has 6 nitrogen and oxygen atoms in total. The fraction of sp³-hybridized carbons (Fsp3) is 0.368. The third-order valence-corrected chi connectivity index (χ3v) is 4.67. The van der Waals surface area contributed by atoms with Gasteiger partial charge in [-0.25, -0.2) is 19.2 Å². The largest absolute Gasteiger partial charge is 0.476 e. The average molecular weight is 357 g/mol. The second kappa shape index (κ2) is 8.03. The Bertz CT molecular complexity index is 772. The van der Waals surface area contributed by atoms with Gasteiger partial charge in [0, 0.05) is 12.6 Å². The van der Waals surface area contributed by atoms with Crippen LogP contribution in [-0.4, -0.2) is 44.4 Å². The van der Waals surface area contributed by atoms with E-state index in [0.717, 1.165) is 37.4 Å². The summed E-state index contributed by atoms with van der Waals surface area (Å²) in [5.74, 6) is -1.71. The molecule has 0 spiro atoms. The lowest BCUT2D eigenvalue weighted by atomic mass is 10.1. The Hall–Kier alpha value is -2.83. The number of hydrogen-bond acceptors (Lipinski definition) is 4. The Morgan fingerprint density at radius 1 is 1.08 bits per heavy atom. The zero-order valence-corrected chi connectivity index (χ0v) is 14.3. The highest BCUT2D eigenvalue weighted by Gasteiger charge is 2.28. The summed E-state index contributed by atoms with van der Waals surface area (Å²) in [6, 6.07) is 6.40. The topological polar surface area (TPSA) is 83.4 Å². The lowest BCUT2D eigenvalue weighted by Crippen LogP contribution is -2.40. The van der Waals surface area contributed by atoms with Gasteiger partial charge in [-0.05, 0) is 37.0 Å². The summed E-state index contributed by atoms with van der Waals surface area (Å²) in [5.41, 5.74) is 0.899. The van der Waals surface area contributed by atoms with Crippen LogP contribution in [0.3, 0.4) is 0 Å². The van der Waals surface area contributed by atoms with Gasteiger partial charge in [0.1, 0.15) is 11.5 Å². The Morgan fingerprint density at radius 2 is 1.69 bits per heavy atom. The van der Waals surface area contributed by atoms with Crippen molar-refractivity contribution in [3.63, 3.8) is 0 Å². The number of halogens is 1. The van der Waals surface area contributed by atoms with Crippen LogP contribution in [0, 0.1) is 5.82 Å². The summed E-state index contributed by atoms with van der Waals surface area (Å²) in [5, 5.41) is 8.90. The van der Waals surface area contributed by atoms with Gasteiger partial charge < -0.3 is 10.0 Å². The van der Waals surface area contributed by atoms with Crippen molar-refractivity contribution in [2.75, 3.05) is 6.54 Å². The highest BCUT2D eigenvalue weighted by Crippen LogP contribution is 2.25. The fourth-order valence-electron chi connectivity index (χ4n) is 3.26. The van der Waals surface area contributed by atoms with Gasteiger partial charge in [-0.1, -0.05) is 25.0 Å². The molecular weight excluding hydrogens is 337 g/mol. The van der Waals surface area contributed by atoms with E-state index in [0.29, 0.717) is 13.0 Å². The van der Waals surface area contributed by atoms with E-state index in [1.165, 1.54) is 18.3 Å². The van der Waals surface area contributed by atoms with Crippen molar-refractivity contribution in [3.05, 3.63) is 59.4 Å². The Morgan fingerprint density at radius 3 is 2.27 bits per heavy atom. The normalized spacial score (nSPS) is 14.3.